The number of hydrogen-bond donors (Lipinski definition) is 2. The third-order valence-electron chi connectivity index (χ3n) is 3.55. The van der Waals surface area contributed by atoms with Gasteiger partial charge in [-0.05, 0) is 29.6 Å². The fourth-order valence-electron chi connectivity index (χ4n) is 2.30. The summed E-state index contributed by atoms with van der Waals surface area (Å²) in [7, 11) is 1.60. The van der Waals surface area contributed by atoms with Gasteiger partial charge in [-0.25, -0.2) is 4.68 Å². The van der Waals surface area contributed by atoms with Gasteiger partial charge in [0.2, 0.25) is 0 Å². The van der Waals surface area contributed by atoms with Crippen molar-refractivity contribution in [2.24, 2.45) is 0 Å². The van der Waals surface area contributed by atoms with Gasteiger partial charge < -0.3 is 15.8 Å². The first kappa shape index (κ1) is 17.4. The molecule has 0 aliphatic heterocycles. The Morgan fingerprint density at radius 3 is 3.00 bits per heavy atom. The van der Waals surface area contributed by atoms with Crippen LogP contribution in [0.25, 0.3) is 0 Å². The number of aromatic nitrogens is 3. The van der Waals surface area contributed by atoms with Crippen molar-refractivity contribution < 1.29 is 9.53 Å². The highest BCUT2D eigenvalue weighted by Crippen LogP contribution is 2.24. The zero-order valence-electron chi connectivity index (χ0n) is 13.4. The number of amides is 1. The number of nitrogens with zero attached hydrogens (tertiary/aromatic N) is 3. The molecule has 0 bridgehead atoms. The summed E-state index contributed by atoms with van der Waals surface area (Å²) < 4.78 is 7.73. The van der Waals surface area contributed by atoms with E-state index in [0.29, 0.717) is 18.8 Å². The fraction of sp³-hybridized carbons (Fsp3) is 0.188. The Morgan fingerprint density at radius 2 is 2.28 bits per heavy atom. The standard InChI is InChI=1S/C16H16BrN5O2S/c1-24-13-5-4-11(17)7-10(13)9-22-15(18)14(20-21-22)16(23)19-8-12-3-2-6-25-12/h2-7H,8-9,18H2,1H3,(H,19,23). The van der Waals surface area contributed by atoms with Gasteiger partial charge in [0, 0.05) is 14.9 Å². The number of nitrogens with one attached hydrogen (secondary N) is 1. The van der Waals surface area contributed by atoms with E-state index in [4.69, 9.17) is 10.5 Å². The van der Waals surface area contributed by atoms with Gasteiger partial charge in [0.15, 0.2) is 11.5 Å². The molecule has 0 fully saturated rings. The molecule has 1 amide bonds. The molecule has 9 heteroatoms. The maximum Gasteiger partial charge on any atom is 0.276 e. The summed E-state index contributed by atoms with van der Waals surface area (Å²) >= 11 is 5.00. The van der Waals surface area contributed by atoms with Crippen LogP contribution in [0, 0.1) is 0 Å². The lowest BCUT2D eigenvalue weighted by Gasteiger charge is -2.09. The molecule has 0 unspecified atom stereocenters. The zero-order valence-corrected chi connectivity index (χ0v) is 15.8. The molecule has 0 saturated heterocycles. The Labute approximate surface area is 156 Å². The predicted octanol–water partition coefficient (Wildman–Crippen LogP) is 2.67. The highest BCUT2D eigenvalue weighted by atomic mass is 79.9. The van der Waals surface area contributed by atoms with Gasteiger partial charge in [-0.1, -0.05) is 27.2 Å². The van der Waals surface area contributed by atoms with E-state index >= 15 is 0 Å². The number of nitrogen functional groups attached to an aromatic ring is 1. The number of halogens is 1. The van der Waals surface area contributed by atoms with Crippen LogP contribution in [0.3, 0.4) is 0 Å². The van der Waals surface area contributed by atoms with Gasteiger partial charge in [0.25, 0.3) is 5.91 Å². The van der Waals surface area contributed by atoms with E-state index in [2.05, 4.69) is 31.6 Å². The number of thiophene rings is 1. The van der Waals surface area contributed by atoms with Crippen molar-refractivity contribution in [3.8, 4) is 5.75 Å². The molecule has 25 heavy (non-hydrogen) atoms. The number of methoxy groups -OCH3 is 1. The maximum atomic E-state index is 12.3. The quantitative estimate of drug-likeness (QED) is 0.637. The van der Waals surface area contributed by atoms with Crippen LogP contribution in [0.2, 0.25) is 0 Å². The molecule has 0 aliphatic carbocycles. The van der Waals surface area contributed by atoms with Crippen molar-refractivity contribution in [2.75, 3.05) is 12.8 Å². The topological polar surface area (TPSA) is 95.1 Å². The van der Waals surface area contributed by atoms with Crippen molar-refractivity contribution in [1.82, 2.24) is 20.3 Å². The minimum absolute atomic E-state index is 0.116. The van der Waals surface area contributed by atoms with Crippen LogP contribution in [0.5, 0.6) is 5.75 Å². The molecule has 130 valence electrons. The van der Waals surface area contributed by atoms with Crippen molar-refractivity contribution in [2.45, 2.75) is 13.1 Å². The van der Waals surface area contributed by atoms with E-state index in [-0.39, 0.29) is 17.4 Å². The van der Waals surface area contributed by atoms with Crippen LogP contribution in [-0.4, -0.2) is 28.0 Å². The van der Waals surface area contributed by atoms with E-state index < -0.39 is 0 Å². The van der Waals surface area contributed by atoms with E-state index in [0.717, 1.165) is 14.9 Å². The second-order valence-electron chi connectivity index (χ2n) is 5.20. The molecule has 2 heterocycles. The van der Waals surface area contributed by atoms with E-state index in [9.17, 15) is 4.79 Å². The Kier molecular flexibility index (Phi) is 5.34. The molecule has 3 aromatic rings. The van der Waals surface area contributed by atoms with Crippen LogP contribution >= 0.6 is 27.3 Å². The van der Waals surface area contributed by atoms with Crippen LogP contribution in [0.15, 0.2) is 40.2 Å². The molecule has 3 N–H and O–H groups in total. The van der Waals surface area contributed by atoms with Crippen molar-refractivity contribution in [3.05, 3.63) is 56.3 Å². The molecular formula is C16H16BrN5O2S. The van der Waals surface area contributed by atoms with E-state index in [1.165, 1.54) is 4.68 Å². The minimum atomic E-state index is -0.349. The molecule has 0 radical (unpaired) electrons. The van der Waals surface area contributed by atoms with Crippen LogP contribution in [0.1, 0.15) is 20.9 Å². The summed E-state index contributed by atoms with van der Waals surface area (Å²) in [5, 5.41) is 12.7. The first-order valence-corrected chi connectivity index (χ1v) is 9.07. The number of carbonyl (C=O) groups is 1. The van der Waals surface area contributed by atoms with Crippen LogP contribution in [-0.2, 0) is 13.1 Å². The summed E-state index contributed by atoms with van der Waals surface area (Å²) in [6.45, 7) is 0.780. The van der Waals surface area contributed by atoms with E-state index in [1.807, 2.05) is 35.7 Å². The van der Waals surface area contributed by atoms with E-state index in [1.54, 1.807) is 18.4 Å². The minimum Gasteiger partial charge on any atom is -0.496 e. The van der Waals surface area contributed by atoms with Gasteiger partial charge in [0.05, 0.1) is 20.2 Å². The first-order chi connectivity index (χ1) is 12.1. The SMILES string of the molecule is COc1ccc(Br)cc1Cn1nnc(C(=O)NCc2cccs2)c1N. The third-order valence-corrected chi connectivity index (χ3v) is 4.92. The summed E-state index contributed by atoms with van der Waals surface area (Å²) in [6.07, 6.45) is 0. The summed E-state index contributed by atoms with van der Waals surface area (Å²) in [5.74, 6) is 0.575. The normalized spacial score (nSPS) is 10.6. The first-order valence-electron chi connectivity index (χ1n) is 7.40. The van der Waals surface area contributed by atoms with Crippen LogP contribution in [0.4, 0.5) is 5.82 Å². The number of rotatable bonds is 6. The largest absolute Gasteiger partial charge is 0.496 e. The smallest absolute Gasteiger partial charge is 0.276 e. The van der Waals surface area contributed by atoms with Gasteiger partial charge in [0.1, 0.15) is 5.75 Å². The molecular weight excluding hydrogens is 406 g/mol. The number of nitrogens with two attached hydrogens (primary N) is 1. The number of hydrogen-bond acceptors (Lipinski definition) is 6. The third kappa shape index (κ3) is 3.99. The van der Waals surface area contributed by atoms with Crippen molar-refractivity contribution >= 4 is 39.0 Å². The van der Waals surface area contributed by atoms with Crippen molar-refractivity contribution in [1.29, 1.82) is 0 Å². The van der Waals surface area contributed by atoms with Crippen molar-refractivity contribution in [3.63, 3.8) is 0 Å². The lowest BCUT2D eigenvalue weighted by molar-refractivity contribution is 0.0947. The number of ether oxygens (including phenoxy) is 1. The van der Waals surface area contributed by atoms with Crippen LogP contribution < -0.4 is 15.8 Å². The Balaban J connectivity index is 1.75. The average molecular weight is 422 g/mol. The summed E-state index contributed by atoms with van der Waals surface area (Å²) in [6, 6.07) is 9.53. The lowest BCUT2D eigenvalue weighted by Crippen LogP contribution is -2.24. The average Bonchev–Trinajstić information content (AvgIpc) is 3.24. The zero-order chi connectivity index (χ0) is 17.8. The predicted molar refractivity (Wildman–Crippen MR) is 99.7 cm³/mol. The molecule has 0 spiro atoms. The summed E-state index contributed by atoms with van der Waals surface area (Å²) in [4.78, 5) is 13.3. The number of anilines is 1. The molecule has 3 rings (SSSR count). The molecule has 0 aliphatic rings. The Hall–Kier alpha value is -2.39. The monoisotopic (exact) mass is 421 g/mol. The van der Waals surface area contributed by atoms with Gasteiger partial charge in [-0.2, -0.15) is 0 Å². The maximum absolute atomic E-state index is 12.3. The highest BCUT2D eigenvalue weighted by molar-refractivity contribution is 9.10. The number of benzene rings is 1. The summed E-state index contributed by atoms with van der Waals surface area (Å²) in [5.41, 5.74) is 7.05. The van der Waals surface area contributed by atoms with Gasteiger partial charge in [-0.3, -0.25) is 4.79 Å². The highest BCUT2D eigenvalue weighted by Gasteiger charge is 2.18. The second kappa shape index (κ2) is 7.66. The molecule has 0 atom stereocenters. The molecule has 1 aromatic carbocycles. The number of carbonyl (C=O) groups excluding carboxylic acids is 1. The van der Waals surface area contributed by atoms with Gasteiger partial charge >= 0.3 is 0 Å². The van der Waals surface area contributed by atoms with Gasteiger partial charge in [-0.15, -0.1) is 16.4 Å². The molecule has 0 saturated carbocycles. The fourth-order valence-corrected chi connectivity index (χ4v) is 3.35. The Morgan fingerprint density at radius 1 is 1.44 bits per heavy atom. The molecule has 7 nitrogen and oxygen atoms in total. The lowest BCUT2D eigenvalue weighted by atomic mass is 10.2. The second-order valence-corrected chi connectivity index (χ2v) is 7.15. The Bertz CT molecular complexity index is 879. The molecule has 2 aromatic heterocycles.